The van der Waals surface area contributed by atoms with Crippen LogP contribution in [0.15, 0.2) is 0 Å². The first-order valence-corrected chi connectivity index (χ1v) is 5.15. The van der Waals surface area contributed by atoms with Gasteiger partial charge in [0.15, 0.2) is 0 Å². The van der Waals surface area contributed by atoms with Gasteiger partial charge in [-0.1, -0.05) is 6.92 Å². The Morgan fingerprint density at radius 3 is 2.71 bits per heavy atom. The molecule has 1 heterocycles. The van der Waals surface area contributed by atoms with E-state index >= 15 is 0 Å². The number of carbonyl (C=O) groups excluding carboxylic acids is 1. The van der Waals surface area contributed by atoms with E-state index in [0.717, 1.165) is 6.54 Å². The fourth-order valence-corrected chi connectivity index (χ4v) is 1.87. The van der Waals surface area contributed by atoms with Gasteiger partial charge in [0.2, 0.25) is 0 Å². The maximum absolute atomic E-state index is 11.5. The molecule has 0 aromatic heterocycles. The predicted octanol–water partition coefficient (Wildman–Crippen LogP) is 0.228. The summed E-state index contributed by atoms with van der Waals surface area (Å²) in [5.41, 5.74) is 0. The summed E-state index contributed by atoms with van der Waals surface area (Å²) < 4.78 is 4.98. The third-order valence-corrected chi connectivity index (χ3v) is 2.76. The Morgan fingerprint density at radius 1 is 1.64 bits per heavy atom. The lowest BCUT2D eigenvalue weighted by Gasteiger charge is -2.15. The summed E-state index contributed by atoms with van der Waals surface area (Å²) in [6, 6.07) is 0. The van der Waals surface area contributed by atoms with Crippen LogP contribution in [0.5, 0.6) is 0 Å². The first-order chi connectivity index (χ1) is 6.56. The van der Waals surface area contributed by atoms with Gasteiger partial charge < -0.3 is 14.6 Å². The van der Waals surface area contributed by atoms with Crippen molar-refractivity contribution in [2.75, 3.05) is 19.7 Å². The van der Waals surface area contributed by atoms with E-state index < -0.39 is 7.05 Å². The highest BCUT2D eigenvalue weighted by atomic mass is 16.5. The molecule has 80 valence electrons. The molecule has 1 fully saturated rings. The first kappa shape index (κ1) is 11.5. The van der Waals surface area contributed by atoms with E-state index in [1.54, 1.807) is 6.82 Å². The number of esters is 1. The van der Waals surface area contributed by atoms with Crippen molar-refractivity contribution in [3.8, 4) is 0 Å². The monoisotopic (exact) mass is 199 g/mol. The lowest BCUT2D eigenvalue weighted by Crippen LogP contribution is -2.35. The van der Waals surface area contributed by atoms with E-state index in [9.17, 15) is 9.82 Å². The summed E-state index contributed by atoms with van der Waals surface area (Å²) >= 11 is 0. The van der Waals surface area contributed by atoms with E-state index in [1.807, 2.05) is 18.7 Å². The Hall–Kier alpha value is -0.545. The van der Waals surface area contributed by atoms with Crippen molar-refractivity contribution in [2.24, 2.45) is 11.8 Å². The van der Waals surface area contributed by atoms with E-state index in [4.69, 9.17) is 4.74 Å². The van der Waals surface area contributed by atoms with Crippen molar-refractivity contribution < 1.29 is 14.6 Å². The minimum Gasteiger partial charge on any atom is -0.466 e. The van der Waals surface area contributed by atoms with Gasteiger partial charge in [-0.3, -0.25) is 4.79 Å². The molecule has 14 heavy (non-hydrogen) atoms. The number of nitrogens with zero attached hydrogens (tertiary/aromatic N) is 1. The molecule has 0 aliphatic carbocycles. The van der Waals surface area contributed by atoms with Crippen molar-refractivity contribution in [3.05, 3.63) is 0 Å². The molecule has 0 spiro atoms. The van der Waals surface area contributed by atoms with Crippen LogP contribution < -0.4 is 0 Å². The predicted molar refractivity (Wildman–Crippen MR) is 54.7 cm³/mol. The molecule has 1 aliphatic rings. The largest absolute Gasteiger partial charge is 0.466 e. The number of hydrogen-bond donors (Lipinski definition) is 1. The van der Waals surface area contributed by atoms with Gasteiger partial charge in [0, 0.05) is 6.54 Å². The van der Waals surface area contributed by atoms with Gasteiger partial charge in [-0.25, -0.2) is 0 Å². The van der Waals surface area contributed by atoms with E-state index in [2.05, 4.69) is 0 Å². The molecule has 1 aliphatic heterocycles. The van der Waals surface area contributed by atoms with E-state index in [1.165, 1.54) is 0 Å². The molecule has 4 nitrogen and oxygen atoms in total. The van der Waals surface area contributed by atoms with Crippen LogP contribution in [-0.4, -0.2) is 42.6 Å². The van der Waals surface area contributed by atoms with Crippen molar-refractivity contribution in [2.45, 2.75) is 20.7 Å². The number of rotatable bonds is 3. The quantitative estimate of drug-likeness (QED) is 0.522. The van der Waals surface area contributed by atoms with Gasteiger partial charge in [0.25, 0.3) is 0 Å². The van der Waals surface area contributed by atoms with Gasteiger partial charge in [-0.2, -0.15) is 0 Å². The molecule has 0 bridgehead atoms. The van der Waals surface area contributed by atoms with Crippen LogP contribution in [0.2, 0.25) is 6.82 Å². The molecule has 2 atom stereocenters. The van der Waals surface area contributed by atoms with E-state index in [0.29, 0.717) is 13.2 Å². The van der Waals surface area contributed by atoms with Gasteiger partial charge in [-0.15, -0.1) is 0 Å². The molecule has 1 saturated heterocycles. The Labute approximate surface area is 85.4 Å². The maximum atomic E-state index is 11.5. The SMILES string of the molecule is CCOC(=O)[C@@H]1CN(B(C)O)C[C@H]1C. The van der Waals surface area contributed by atoms with Gasteiger partial charge in [0.1, 0.15) is 0 Å². The maximum Gasteiger partial charge on any atom is 0.376 e. The van der Waals surface area contributed by atoms with Gasteiger partial charge in [0.05, 0.1) is 12.5 Å². The fraction of sp³-hybridized carbons (Fsp3) is 0.889. The number of hydrogen-bond acceptors (Lipinski definition) is 4. The molecule has 0 unspecified atom stereocenters. The lowest BCUT2D eigenvalue weighted by molar-refractivity contribution is -0.148. The van der Waals surface area contributed by atoms with Gasteiger partial charge in [-0.05, 0) is 26.2 Å². The highest BCUT2D eigenvalue weighted by molar-refractivity contribution is 6.45. The zero-order valence-corrected chi connectivity index (χ0v) is 9.06. The van der Waals surface area contributed by atoms with E-state index in [-0.39, 0.29) is 17.8 Å². The van der Waals surface area contributed by atoms with Crippen molar-refractivity contribution in [1.82, 2.24) is 4.81 Å². The third-order valence-electron chi connectivity index (χ3n) is 2.76. The number of carbonyl (C=O) groups is 1. The van der Waals surface area contributed by atoms with Crippen LogP contribution in [0.3, 0.4) is 0 Å². The smallest absolute Gasteiger partial charge is 0.376 e. The highest BCUT2D eigenvalue weighted by Gasteiger charge is 2.38. The van der Waals surface area contributed by atoms with Crippen molar-refractivity contribution >= 4 is 13.0 Å². The highest BCUT2D eigenvalue weighted by Crippen LogP contribution is 2.24. The summed E-state index contributed by atoms with van der Waals surface area (Å²) in [7, 11) is -0.475. The summed E-state index contributed by atoms with van der Waals surface area (Å²) in [5, 5.41) is 9.37. The van der Waals surface area contributed by atoms with Crippen LogP contribution in [0.25, 0.3) is 0 Å². The third kappa shape index (κ3) is 2.48. The second-order valence-corrected chi connectivity index (χ2v) is 3.92. The first-order valence-electron chi connectivity index (χ1n) is 5.15. The Kier molecular flexibility index (Phi) is 3.95. The molecule has 0 aromatic carbocycles. The van der Waals surface area contributed by atoms with Crippen LogP contribution >= 0.6 is 0 Å². The average molecular weight is 199 g/mol. The topological polar surface area (TPSA) is 49.8 Å². The molecular weight excluding hydrogens is 181 g/mol. The van der Waals surface area contributed by atoms with Crippen LogP contribution in [0.4, 0.5) is 0 Å². The normalized spacial score (nSPS) is 27.7. The Balaban J connectivity index is 2.52. The molecule has 1 rings (SSSR count). The second-order valence-electron chi connectivity index (χ2n) is 3.92. The minimum atomic E-state index is -0.475. The fourth-order valence-electron chi connectivity index (χ4n) is 1.87. The van der Waals surface area contributed by atoms with Crippen LogP contribution in [0.1, 0.15) is 13.8 Å². The summed E-state index contributed by atoms with van der Waals surface area (Å²) in [6.07, 6.45) is 0. The number of ether oxygens (including phenoxy) is 1. The Bertz CT molecular complexity index is 210. The van der Waals surface area contributed by atoms with Crippen LogP contribution in [0, 0.1) is 11.8 Å². The minimum absolute atomic E-state index is 0.0791. The van der Waals surface area contributed by atoms with Crippen molar-refractivity contribution in [3.63, 3.8) is 0 Å². The molecule has 0 amide bonds. The molecule has 1 N–H and O–H groups in total. The molecule has 5 heteroatoms. The zero-order chi connectivity index (χ0) is 10.7. The van der Waals surface area contributed by atoms with Gasteiger partial charge >= 0.3 is 13.0 Å². The molecule has 0 radical (unpaired) electrons. The second kappa shape index (κ2) is 4.80. The zero-order valence-electron chi connectivity index (χ0n) is 9.06. The molecule has 0 saturated carbocycles. The molecular formula is C9H18BNO3. The summed E-state index contributed by atoms with van der Waals surface area (Å²) in [6.45, 7) is 7.35. The average Bonchev–Trinajstić information content (AvgIpc) is 2.48. The summed E-state index contributed by atoms with van der Waals surface area (Å²) in [5.74, 6) is 0.0522. The Morgan fingerprint density at radius 2 is 2.29 bits per heavy atom. The standard InChI is InChI=1S/C9H18BNO3/c1-4-14-9(12)8-6-11(10(3)13)5-7(8)2/h7-8,13H,4-6H2,1-3H3/t7-,8-/m1/s1. The lowest BCUT2D eigenvalue weighted by atomic mass is 9.86. The summed E-state index contributed by atoms with van der Waals surface area (Å²) in [4.78, 5) is 13.4. The van der Waals surface area contributed by atoms with Crippen LogP contribution in [-0.2, 0) is 9.53 Å². The molecule has 0 aromatic rings. The van der Waals surface area contributed by atoms with Crippen molar-refractivity contribution in [1.29, 1.82) is 0 Å².